The normalized spacial score (nSPS) is 14.6. The van der Waals surface area contributed by atoms with Crippen LogP contribution < -0.4 is 14.8 Å². The molecule has 2 aromatic carbocycles. The molecule has 0 aromatic heterocycles. The summed E-state index contributed by atoms with van der Waals surface area (Å²) < 4.78 is 32.9. The van der Waals surface area contributed by atoms with E-state index in [2.05, 4.69) is 10.0 Å². The summed E-state index contributed by atoms with van der Waals surface area (Å²) in [5, 5.41) is 3.34. The predicted molar refractivity (Wildman–Crippen MR) is 118 cm³/mol. The van der Waals surface area contributed by atoms with Gasteiger partial charge in [-0.25, -0.2) is 13.1 Å². The number of hydrogen-bond acceptors (Lipinski definition) is 4. The number of benzene rings is 2. The van der Waals surface area contributed by atoms with E-state index in [1.165, 1.54) is 7.11 Å². The molecule has 0 heterocycles. The van der Waals surface area contributed by atoms with Crippen molar-refractivity contribution in [3.8, 4) is 5.75 Å². The van der Waals surface area contributed by atoms with Crippen molar-refractivity contribution in [2.45, 2.75) is 43.0 Å². The van der Waals surface area contributed by atoms with Gasteiger partial charge in [0.25, 0.3) is 5.91 Å². The van der Waals surface area contributed by atoms with Crippen LogP contribution in [-0.4, -0.2) is 34.0 Å². The van der Waals surface area contributed by atoms with E-state index >= 15 is 0 Å². The zero-order valence-corrected chi connectivity index (χ0v) is 18.9. The van der Waals surface area contributed by atoms with Gasteiger partial charge in [0.15, 0.2) is 5.75 Å². The fraction of sp³-hybridized carbons (Fsp3) is 0.381. The van der Waals surface area contributed by atoms with Crippen LogP contribution in [0.3, 0.4) is 0 Å². The monoisotopic (exact) mass is 470 g/mol. The van der Waals surface area contributed by atoms with Crippen LogP contribution in [0.5, 0.6) is 5.75 Å². The van der Waals surface area contributed by atoms with Gasteiger partial charge in [-0.15, -0.1) is 0 Å². The lowest BCUT2D eigenvalue weighted by molar-refractivity contribution is 0.0951. The van der Waals surface area contributed by atoms with E-state index in [1.807, 2.05) is 0 Å². The number of amides is 1. The molecule has 3 rings (SSSR count). The molecule has 0 radical (unpaired) electrons. The summed E-state index contributed by atoms with van der Waals surface area (Å²) in [5.41, 5.74) is 1.09. The Morgan fingerprint density at radius 1 is 1.07 bits per heavy atom. The maximum absolute atomic E-state index is 12.5. The molecule has 1 fully saturated rings. The van der Waals surface area contributed by atoms with Crippen molar-refractivity contribution in [2.75, 3.05) is 13.7 Å². The molecule has 2 aromatic rings. The topological polar surface area (TPSA) is 84.5 Å². The van der Waals surface area contributed by atoms with E-state index in [0.717, 1.165) is 31.2 Å². The van der Waals surface area contributed by atoms with Crippen molar-refractivity contribution in [1.82, 2.24) is 10.0 Å². The van der Waals surface area contributed by atoms with E-state index in [0.29, 0.717) is 18.0 Å². The van der Waals surface area contributed by atoms with Crippen LogP contribution in [0.15, 0.2) is 41.3 Å². The van der Waals surface area contributed by atoms with E-state index in [4.69, 9.17) is 27.9 Å². The fourth-order valence-electron chi connectivity index (χ4n) is 3.52. The molecule has 0 spiro atoms. The van der Waals surface area contributed by atoms with Gasteiger partial charge in [-0.2, -0.15) is 0 Å². The Bertz CT molecular complexity index is 1000. The number of hydrogen-bond donors (Lipinski definition) is 2. The van der Waals surface area contributed by atoms with Crippen LogP contribution in [0.25, 0.3) is 0 Å². The van der Waals surface area contributed by atoms with Crippen LogP contribution in [0.4, 0.5) is 0 Å². The average Bonchev–Trinajstić information content (AvgIpc) is 3.22. The number of rotatable bonds is 8. The van der Waals surface area contributed by atoms with E-state index in [-0.39, 0.29) is 33.2 Å². The minimum atomic E-state index is -3.51. The van der Waals surface area contributed by atoms with Gasteiger partial charge < -0.3 is 10.1 Å². The molecule has 1 aliphatic carbocycles. The van der Waals surface area contributed by atoms with E-state index < -0.39 is 10.0 Å². The number of halogens is 2. The molecule has 0 aliphatic heterocycles. The first kappa shape index (κ1) is 22.9. The van der Waals surface area contributed by atoms with Crippen molar-refractivity contribution in [3.63, 3.8) is 0 Å². The highest BCUT2D eigenvalue weighted by molar-refractivity contribution is 7.89. The molecule has 2 N–H and O–H groups in total. The first-order valence-corrected chi connectivity index (χ1v) is 12.0. The van der Waals surface area contributed by atoms with Crippen LogP contribution in [0.1, 0.15) is 41.6 Å². The van der Waals surface area contributed by atoms with Crippen LogP contribution in [-0.2, 0) is 16.4 Å². The van der Waals surface area contributed by atoms with Crippen molar-refractivity contribution >= 4 is 39.1 Å². The van der Waals surface area contributed by atoms with Gasteiger partial charge in [-0.1, -0.05) is 48.2 Å². The standard InChI is InChI=1S/C21H24Cl2N2O4S/c1-29-20-18(23)11-10-17(22)19(20)21(26)24-13-12-14-6-8-16(9-7-14)30(27,28)25-15-4-2-3-5-15/h6-11,15,25H,2-5,12-13H2,1H3,(H,24,26). The first-order valence-electron chi connectivity index (χ1n) is 9.73. The first-order chi connectivity index (χ1) is 14.3. The highest BCUT2D eigenvalue weighted by atomic mass is 35.5. The maximum Gasteiger partial charge on any atom is 0.256 e. The van der Waals surface area contributed by atoms with Crippen LogP contribution in [0, 0.1) is 0 Å². The minimum Gasteiger partial charge on any atom is -0.494 e. The zero-order chi connectivity index (χ0) is 21.7. The number of methoxy groups -OCH3 is 1. The second-order valence-corrected chi connectivity index (χ2v) is 9.72. The molecule has 0 saturated heterocycles. The van der Waals surface area contributed by atoms with Gasteiger partial charge in [0.2, 0.25) is 10.0 Å². The molecule has 9 heteroatoms. The summed E-state index contributed by atoms with van der Waals surface area (Å²) in [6.07, 6.45) is 4.42. The second kappa shape index (κ2) is 10.0. The smallest absolute Gasteiger partial charge is 0.256 e. The predicted octanol–water partition coefficient (Wildman–Crippen LogP) is 4.20. The van der Waals surface area contributed by atoms with Gasteiger partial charge >= 0.3 is 0 Å². The molecule has 6 nitrogen and oxygen atoms in total. The average molecular weight is 471 g/mol. The number of carbonyl (C=O) groups is 1. The van der Waals surface area contributed by atoms with Crippen molar-refractivity contribution in [1.29, 1.82) is 0 Å². The summed E-state index contributed by atoms with van der Waals surface area (Å²) in [6.45, 7) is 0.344. The van der Waals surface area contributed by atoms with Crippen molar-refractivity contribution in [3.05, 3.63) is 57.6 Å². The Morgan fingerprint density at radius 2 is 1.70 bits per heavy atom. The molecular formula is C21H24Cl2N2O4S. The number of ether oxygens (including phenoxy) is 1. The highest BCUT2D eigenvalue weighted by Crippen LogP contribution is 2.33. The summed E-state index contributed by atoms with van der Waals surface area (Å²) >= 11 is 12.2. The summed E-state index contributed by atoms with van der Waals surface area (Å²) in [4.78, 5) is 12.8. The second-order valence-electron chi connectivity index (χ2n) is 7.19. The number of carbonyl (C=O) groups excluding carboxylic acids is 1. The van der Waals surface area contributed by atoms with E-state index in [1.54, 1.807) is 36.4 Å². The number of nitrogens with one attached hydrogen (secondary N) is 2. The molecule has 1 saturated carbocycles. The molecule has 0 unspecified atom stereocenters. The van der Waals surface area contributed by atoms with Gasteiger partial charge in [0, 0.05) is 12.6 Å². The summed E-state index contributed by atoms with van der Waals surface area (Å²) in [5.74, 6) is -0.162. The summed E-state index contributed by atoms with van der Waals surface area (Å²) in [6, 6.07) is 9.82. The lowest BCUT2D eigenvalue weighted by Gasteiger charge is -2.13. The molecular weight excluding hydrogens is 447 g/mol. The Kier molecular flexibility index (Phi) is 7.63. The lowest BCUT2D eigenvalue weighted by Crippen LogP contribution is -2.32. The van der Waals surface area contributed by atoms with Crippen LogP contribution in [0.2, 0.25) is 10.0 Å². The molecule has 1 aliphatic rings. The molecule has 0 atom stereocenters. The Labute approximate surface area is 187 Å². The SMILES string of the molecule is COc1c(Cl)ccc(Cl)c1C(=O)NCCc1ccc(S(=O)(=O)NC2CCCC2)cc1. The Morgan fingerprint density at radius 3 is 2.33 bits per heavy atom. The van der Waals surface area contributed by atoms with Crippen molar-refractivity contribution in [2.24, 2.45) is 0 Å². The van der Waals surface area contributed by atoms with Gasteiger partial charge in [0.1, 0.15) is 5.56 Å². The molecule has 1 amide bonds. The maximum atomic E-state index is 12.5. The van der Waals surface area contributed by atoms with Gasteiger partial charge in [-0.05, 0) is 49.1 Å². The largest absolute Gasteiger partial charge is 0.494 e. The quantitative estimate of drug-likeness (QED) is 0.605. The van der Waals surface area contributed by atoms with Crippen molar-refractivity contribution < 1.29 is 17.9 Å². The van der Waals surface area contributed by atoms with Crippen LogP contribution >= 0.6 is 23.2 Å². The zero-order valence-electron chi connectivity index (χ0n) is 16.6. The van der Waals surface area contributed by atoms with Gasteiger partial charge in [-0.3, -0.25) is 4.79 Å². The Hall–Kier alpha value is -1.80. The third-order valence-corrected chi connectivity index (χ3v) is 7.25. The highest BCUT2D eigenvalue weighted by Gasteiger charge is 2.23. The van der Waals surface area contributed by atoms with E-state index in [9.17, 15) is 13.2 Å². The number of sulfonamides is 1. The fourth-order valence-corrected chi connectivity index (χ4v) is 5.29. The Balaban J connectivity index is 1.58. The minimum absolute atomic E-state index is 0.0280. The third-order valence-electron chi connectivity index (χ3n) is 5.10. The summed E-state index contributed by atoms with van der Waals surface area (Å²) in [7, 11) is -2.09. The lowest BCUT2D eigenvalue weighted by atomic mass is 10.1. The van der Waals surface area contributed by atoms with Gasteiger partial charge in [0.05, 0.1) is 22.1 Å². The molecule has 0 bridgehead atoms. The molecule has 30 heavy (non-hydrogen) atoms. The molecule has 162 valence electrons. The third kappa shape index (κ3) is 5.46.